The first-order valence-corrected chi connectivity index (χ1v) is 12.1. The Kier molecular flexibility index (Phi) is 8.59. The van der Waals surface area contributed by atoms with Crippen LogP contribution in [0.4, 0.5) is 5.69 Å². The third kappa shape index (κ3) is 6.74. The quantitative estimate of drug-likeness (QED) is 0.593. The molecule has 1 atom stereocenters. The van der Waals surface area contributed by atoms with E-state index in [1.807, 2.05) is 0 Å². The van der Waals surface area contributed by atoms with Crippen LogP contribution in [0.2, 0.25) is 15.1 Å². The number of carbonyl (C=O) groups excluding carboxylic acids is 2. The average molecular weight is 507 g/mol. The van der Waals surface area contributed by atoms with Gasteiger partial charge < -0.3 is 10.2 Å². The summed E-state index contributed by atoms with van der Waals surface area (Å²) in [5, 5.41) is 3.36. The second-order valence-corrected chi connectivity index (χ2v) is 9.99. The number of nitrogens with one attached hydrogen (secondary N) is 1. The monoisotopic (exact) mass is 505 g/mol. The van der Waals surface area contributed by atoms with Crippen LogP contribution in [0.15, 0.2) is 42.5 Å². The first-order chi connectivity index (χ1) is 14.4. The van der Waals surface area contributed by atoms with Crippen molar-refractivity contribution in [3.05, 3.63) is 63.1 Å². The van der Waals surface area contributed by atoms with Crippen LogP contribution in [0, 0.1) is 0 Å². The summed E-state index contributed by atoms with van der Waals surface area (Å²) in [6.45, 7) is 1.01. The number of hydrogen-bond acceptors (Lipinski definition) is 4. The second-order valence-electron chi connectivity index (χ2n) is 6.80. The molecule has 1 N–H and O–H groups in total. The van der Waals surface area contributed by atoms with Crippen molar-refractivity contribution in [1.82, 2.24) is 10.2 Å². The van der Waals surface area contributed by atoms with Gasteiger partial charge in [0.25, 0.3) is 0 Å². The van der Waals surface area contributed by atoms with Gasteiger partial charge in [0, 0.05) is 28.7 Å². The highest BCUT2D eigenvalue weighted by Crippen LogP contribution is 2.27. The van der Waals surface area contributed by atoms with Gasteiger partial charge in [0.05, 0.1) is 11.9 Å². The molecule has 0 spiro atoms. The van der Waals surface area contributed by atoms with Gasteiger partial charge in [-0.3, -0.25) is 13.9 Å². The molecule has 31 heavy (non-hydrogen) atoms. The maximum atomic E-state index is 13.3. The summed E-state index contributed by atoms with van der Waals surface area (Å²) in [6, 6.07) is 10.3. The number of likely N-dealkylation sites (N-methyl/N-ethyl adjacent to an activating group) is 1. The Morgan fingerprint density at radius 3 is 2.16 bits per heavy atom. The minimum Gasteiger partial charge on any atom is -0.357 e. The van der Waals surface area contributed by atoms with Crippen molar-refractivity contribution >= 4 is 62.3 Å². The van der Waals surface area contributed by atoms with E-state index in [9.17, 15) is 18.0 Å². The summed E-state index contributed by atoms with van der Waals surface area (Å²) >= 11 is 18.2. The molecule has 0 saturated carbocycles. The molecule has 0 bridgehead atoms. The van der Waals surface area contributed by atoms with Crippen LogP contribution in [0.25, 0.3) is 0 Å². The van der Waals surface area contributed by atoms with E-state index >= 15 is 0 Å². The molecule has 2 amide bonds. The number of benzene rings is 2. The molecular formula is C20H22Cl3N3O4S. The summed E-state index contributed by atoms with van der Waals surface area (Å²) in [4.78, 5) is 26.8. The van der Waals surface area contributed by atoms with Crippen molar-refractivity contribution in [2.24, 2.45) is 0 Å². The molecule has 0 fully saturated rings. The van der Waals surface area contributed by atoms with E-state index in [-0.39, 0.29) is 22.3 Å². The van der Waals surface area contributed by atoms with E-state index in [2.05, 4.69) is 5.32 Å². The Balaban J connectivity index is 2.43. The first kappa shape index (κ1) is 25.3. The van der Waals surface area contributed by atoms with Gasteiger partial charge in [-0.05, 0) is 36.8 Å². The molecule has 0 aromatic heterocycles. The Labute approximate surface area is 196 Å². The number of nitrogens with zero attached hydrogens (tertiary/aromatic N) is 2. The maximum absolute atomic E-state index is 13.3. The van der Waals surface area contributed by atoms with Crippen molar-refractivity contribution in [3.63, 3.8) is 0 Å². The van der Waals surface area contributed by atoms with Gasteiger partial charge in [-0.25, -0.2) is 8.42 Å². The standard InChI is InChI=1S/C20H22Cl3N3O4S/c1-13(20(28)24-2)25(11-14-6-4-5-7-18(14)23)19(27)12-26(31(3,29)30)17-9-15(21)8-16(22)10-17/h4-10,13H,11-12H2,1-3H3,(H,24,28). The van der Waals surface area contributed by atoms with Gasteiger partial charge in [0.1, 0.15) is 12.6 Å². The predicted molar refractivity (Wildman–Crippen MR) is 124 cm³/mol. The van der Waals surface area contributed by atoms with Crippen molar-refractivity contribution < 1.29 is 18.0 Å². The van der Waals surface area contributed by atoms with Crippen LogP contribution < -0.4 is 9.62 Å². The number of hydrogen-bond donors (Lipinski definition) is 1. The van der Waals surface area contributed by atoms with Gasteiger partial charge in [-0.15, -0.1) is 0 Å². The van der Waals surface area contributed by atoms with Gasteiger partial charge >= 0.3 is 0 Å². The van der Waals surface area contributed by atoms with E-state index in [4.69, 9.17) is 34.8 Å². The number of amides is 2. The largest absolute Gasteiger partial charge is 0.357 e. The lowest BCUT2D eigenvalue weighted by atomic mass is 10.1. The number of anilines is 1. The minimum atomic E-state index is -3.87. The van der Waals surface area contributed by atoms with Crippen molar-refractivity contribution in [2.75, 3.05) is 24.2 Å². The molecule has 11 heteroatoms. The molecule has 0 radical (unpaired) electrons. The van der Waals surface area contributed by atoms with E-state index in [1.54, 1.807) is 31.2 Å². The zero-order valence-electron chi connectivity index (χ0n) is 17.1. The van der Waals surface area contributed by atoms with Crippen molar-refractivity contribution in [2.45, 2.75) is 19.5 Å². The summed E-state index contributed by atoms with van der Waals surface area (Å²) in [5.74, 6) is -1.00. The molecule has 0 aliphatic carbocycles. The molecule has 2 aromatic rings. The lowest BCUT2D eigenvalue weighted by Gasteiger charge is -2.31. The highest BCUT2D eigenvalue weighted by molar-refractivity contribution is 7.92. The van der Waals surface area contributed by atoms with Gasteiger partial charge in [0.15, 0.2) is 0 Å². The molecule has 2 rings (SSSR count). The van der Waals surface area contributed by atoms with Crippen LogP contribution in [0.5, 0.6) is 0 Å². The van der Waals surface area contributed by atoms with Crippen LogP contribution >= 0.6 is 34.8 Å². The highest BCUT2D eigenvalue weighted by atomic mass is 35.5. The lowest BCUT2D eigenvalue weighted by molar-refractivity contribution is -0.139. The van der Waals surface area contributed by atoms with Crippen molar-refractivity contribution in [3.8, 4) is 0 Å². The second kappa shape index (κ2) is 10.5. The van der Waals surface area contributed by atoms with Crippen LogP contribution in [0.1, 0.15) is 12.5 Å². The third-order valence-electron chi connectivity index (χ3n) is 4.53. The minimum absolute atomic E-state index is 0.0149. The molecule has 0 aliphatic rings. The average Bonchev–Trinajstić information content (AvgIpc) is 2.68. The topological polar surface area (TPSA) is 86.8 Å². The Hall–Kier alpha value is -2.00. The first-order valence-electron chi connectivity index (χ1n) is 9.12. The van der Waals surface area contributed by atoms with Crippen LogP contribution in [-0.4, -0.2) is 51.0 Å². The highest BCUT2D eigenvalue weighted by Gasteiger charge is 2.30. The zero-order valence-corrected chi connectivity index (χ0v) is 20.2. The van der Waals surface area contributed by atoms with Crippen LogP contribution in [-0.2, 0) is 26.2 Å². The molecule has 0 saturated heterocycles. The Morgan fingerprint density at radius 2 is 1.65 bits per heavy atom. The molecule has 0 heterocycles. The normalized spacial score (nSPS) is 12.2. The predicted octanol–water partition coefficient (Wildman–Crippen LogP) is 3.58. The smallest absolute Gasteiger partial charge is 0.244 e. The lowest BCUT2D eigenvalue weighted by Crippen LogP contribution is -2.50. The Bertz CT molecular complexity index is 1060. The van der Waals surface area contributed by atoms with Crippen LogP contribution in [0.3, 0.4) is 0 Å². The van der Waals surface area contributed by atoms with E-state index < -0.39 is 34.4 Å². The van der Waals surface area contributed by atoms with Gasteiger partial charge in [0.2, 0.25) is 21.8 Å². The summed E-state index contributed by atoms with van der Waals surface area (Å²) in [5.41, 5.74) is 0.753. The maximum Gasteiger partial charge on any atom is 0.244 e. The SMILES string of the molecule is CNC(=O)C(C)N(Cc1ccccc1Cl)C(=O)CN(c1cc(Cl)cc(Cl)c1)S(C)(=O)=O. The molecular weight excluding hydrogens is 485 g/mol. The molecule has 2 aromatic carbocycles. The van der Waals surface area contributed by atoms with Gasteiger partial charge in [-0.2, -0.15) is 0 Å². The zero-order chi connectivity index (χ0) is 23.3. The molecule has 7 nitrogen and oxygen atoms in total. The fourth-order valence-corrected chi connectivity index (χ4v) is 4.44. The number of halogens is 3. The van der Waals surface area contributed by atoms with Crippen molar-refractivity contribution in [1.29, 1.82) is 0 Å². The summed E-state index contributed by atoms with van der Waals surface area (Å²) < 4.78 is 25.8. The number of rotatable bonds is 8. The van der Waals surface area contributed by atoms with Gasteiger partial charge in [-0.1, -0.05) is 53.0 Å². The van der Waals surface area contributed by atoms with E-state index in [0.29, 0.717) is 10.6 Å². The summed E-state index contributed by atoms with van der Waals surface area (Å²) in [6.07, 6.45) is 0.968. The number of carbonyl (C=O) groups is 2. The fraction of sp³-hybridized carbons (Fsp3) is 0.300. The summed E-state index contributed by atoms with van der Waals surface area (Å²) in [7, 11) is -2.42. The van der Waals surface area contributed by atoms with E-state index in [0.717, 1.165) is 10.6 Å². The Morgan fingerprint density at radius 1 is 1.06 bits per heavy atom. The fourth-order valence-electron chi connectivity index (χ4n) is 2.90. The molecule has 0 aliphatic heterocycles. The third-order valence-corrected chi connectivity index (χ3v) is 6.47. The molecule has 168 valence electrons. The number of sulfonamides is 1. The molecule has 1 unspecified atom stereocenters. The van der Waals surface area contributed by atoms with E-state index in [1.165, 1.54) is 30.1 Å².